The van der Waals surface area contributed by atoms with Gasteiger partial charge in [-0.1, -0.05) is 60.7 Å². The summed E-state index contributed by atoms with van der Waals surface area (Å²) in [5.41, 5.74) is 2.21. The average molecular weight is 495 g/mol. The molecular weight excluding hydrogens is 475 g/mol. The lowest BCUT2D eigenvalue weighted by Crippen LogP contribution is -2.54. The van der Waals surface area contributed by atoms with Crippen LogP contribution in [0.3, 0.4) is 0 Å². The number of thiocarbonyl (C=S) groups is 1. The van der Waals surface area contributed by atoms with Crippen LogP contribution in [-0.2, 0) is 9.59 Å². The van der Waals surface area contributed by atoms with Crippen molar-refractivity contribution < 1.29 is 18.7 Å². The van der Waals surface area contributed by atoms with E-state index in [0.717, 1.165) is 0 Å². The molecule has 0 aliphatic carbocycles. The van der Waals surface area contributed by atoms with E-state index in [1.807, 2.05) is 30.3 Å². The van der Waals surface area contributed by atoms with E-state index in [1.54, 1.807) is 66.7 Å². The van der Waals surface area contributed by atoms with Crippen molar-refractivity contribution in [3.05, 3.63) is 120 Å². The number of halogens is 1. The highest BCUT2D eigenvalue weighted by molar-refractivity contribution is 7.80. The maximum atomic E-state index is 14.1. The molecule has 2 amide bonds. The molecule has 0 unspecified atom stereocenters. The predicted octanol–water partition coefficient (Wildman–Crippen LogP) is 6.12. The number of carbonyl (C=O) groups excluding carboxylic acids is 2. The summed E-state index contributed by atoms with van der Waals surface area (Å²) in [5.74, 6) is -0.166. The van der Waals surface area contributed by atoms with Gasteiger partial charge >= 0.3 is 0 Å². The number of rotatable bonds is 5. The first-order valence-electron chi connectivity index (χ1n) is 11.1. The van der Waals surface area contributed by atoms with Crippen molar-refractivity contribution in [1.29, 1.82) is 0 Å². The van der Waals surface area contributed by atoms with Crippen LogP contribution in [0.5, 0.6) is 11.5 Å². The number of ether oxygens (including phenoxy) is 1. The minimum absolute atomic E-state index is 0.00576. The zero-order valence-corrected chi connectivity index (χ0v) is 19.7. The molecule has 0 radical (unpaired) electrons. The number of benzene rings is 4. The van der Waals surface area contributed by atoms with E-state index < -0.39 is 11.8 Å². The summed E-state index contributed by atoms with van der Waals surface area (Å²) in [7, 11) is 0. The van der Waals surface area contributed by atoms with Crippen LogP contribution in [0.1, 0.15) is 5.56 Å². The van der Waals surface area contributed by atoms with Crippen molar-refractivity contribution >= 4 is 40.9 Å². The highest BCUT2D eigenvalue weighted by Gasteiger charge is 2.34. The molecule has 0 bridgehead atoms. The Hall–Kier alpha value is -4.62. The number of amides is 2. The quantitative estimate of drug-likeness (QED) is 0.206. The van der Waals surface area contributed by atoms with Gasteiger partial charge in [0.2, 0.25) is 0 Å². The van der Waals surface area contributed by atoms with Gasteiger partial charge < -0.3 is 4.74 Å². The second-order valence-electron chi connectivity index (χ2n) is 7.97. The van der Waals surface area contributed by atoms with Crippen LogP contribution >= 0.6 is 12.2 Å². The summed E-state index contributed by atoms with van der Waals surface area (Å²) in [4.78, 5) is 27.2. The molecule has 4 aromatic rings. The Labute approximate surface area is 212 Å². The number of anilines is 1. The number of hydrogen-bond acceptors (Lipinski definition) is 4. The molecule has 1 heterocycles. The fourth-order valence-corrected chi connectivity index (χ4v) is 4.08. The molecule has 4 aromatic carbocycles. The van der Waals surface area contributed by atoms with Crippen molar-refractivity contribution in [1.82, 2.24) is 5.32 Å². The molecular formula is C29H19FN2O3S. The largest absolute Gasteiger partial charge is 0.457 e. The first-order chi connectivity index (χ1) is 17.5. The lowest BCUT2D eigenvalue weighted by atomic mass is 10.0. The van der Waals surface area contributed by atoms with Crippen LogP contribution in [0.2, 0.25) is 0 Å². The Morgan fingerprint density at radius 3 is 2.11 bits per heavy atom. The Morgan fingerprint density at radius 2 is 1.42 bits per heavy atom. The zero-order chi connectivity index (χ0) is 25.1. The van der Waals surface area contributed by atoms with Crippen LogP contribution < -0.4 is 15.0 Å². The van der Waals surface area contributed by atoms with E-state index >= 15 is 0 Å². The molecule has 5 nitrogen and oxygen atoms in total. The molecule has 1 fully saturated rings. The van der Waals surface area contributed by atoms with Gasteiger partial charge in [0.05, 0.1) is 5.69 Å². The third-order valence-corrected chi connectivity index (χ3v) is 5.87. The lowest BCUT2D eigenvalue weighted by molar-refractivity contribution is -0.122. The van der Waals surface area contributed by atoms with Crippen LogP contribution in [-0.4, -0.2) is 16.9 Å². The van der Waals surface area contributed by atoms with Gasteiger partial charge in [-0.3, -0.25) is 19.8 Å². The fraction of sp³-hybridized carbons (Fsp3) is 0. The Balaban J connectivity index is 1.38. The van der Waals surface area contributed by atoms with Gasteiger partial charge in [0, 0.05) is 5.56 Å². The number of nitrogens with one attached hydrogen (secondary N) is 1. The molecule has 7 heteroatoms. The highest BCUT2D eigenvalue weighted by atomic mass is 32.1. The van der Waals surface area contributed by atoms with Crippen LogP contribution in [0.25, 0.3) is 17.2 Å². The summed E-state index contributed by atoms with van der Waals surface area (Å²) in [6, 6.07) is 29.6. The van der Waals surface area contributed by atoms with Gasteiger partial charge in [0.15, 0.2) is 5.11 Å². The second kappa shape index (κ2) is 9.93. The van der Waals surface area contributed by atoms with Gasteiger partial charge in [-0.25, -0.2) is 4.39 Å². The second-order valence-corrected chi connectivity index (χ2v) is 8.36. The molecule has 0 atom stereocenters. The SMILES string of the molecule is O=C1NC(=S)N(c2ccc(Oc3ccccc3)cc2)C(=O)C1=Cc1ccc(-c2ccccc2F)cc1. The number of carbonyl (C=O) groups is 2. The average Bonchev–Trinajstić information content (AvgIpc) is 2.89. The highest BCUT2D eigenvalue weighted by Crippen LogP contribution is 2.28. The van der Waals surface area contributed by atoms with E-state index in [0.29, 0.717) is 33.9 Å². The molecule has 1 aliphatic heterocycles. The first kappa shape index (κ1) is 23.1. The van der Waals surface area contributed by atoms with Gasteiger partial charge in [-0.2, -0.15) is 0 Å². The number of para-hydroxylation sites is 1. The smallest absolute Gasteiger partial charge is 0.270 e. The monoisotopic (exact) mass is 494 g/mol. The third-order valence-electron chi connectivity index (χ3n) is 5.58. The van der Waals surface area contributed by atoms with E-state index in [9.17, 15) is 14.0 Å². The predicted molar refractivity (Wildman–Crippen MR) is 141 cm³/mol. The molecule has 1 saturated heterocycles. The van der Waals surface area contributed by atoms with Gasteiger partial charge in [-0.05, 0) is 71.9 Å². The molecule has 1 N–H and O–H groups in total. The molecule has 0 saturated carbocycles. The van der Waals surface area contributed by atoms with Gasteiger partial charge in [0.1, 0.15) is 22.9 Å². The van der Waals surface area contributed by atoms with E-state index in [-0.39, 0.29) is 16.5 Å². The Morgan fingerprint density at radius 1 is 0.778 bits per heavy atom. The first-order valence-corrected chi connectivity index (χ1v) is 11.5. The van der Waals surface area contributed by atoms with E-state index in [2.05, 4.69) is 5.32 Å². The summed E-state index contributed by atoms with van der Waals surface area (Å²) in [6.07, 6.45) is 1.49. The minimum atomic E-state index is -0.580. The van der Waals surface area contributed by atoms with E-state index in [1.165, 1.54) is 17.0 Å². The molecule has 0 aromatic heterocycles. The standard InChI is InChI=1S/C29H19FN2O3S/c30-26-9-5-4-8-24(26)20-12-10-19(11-13-20)18-25-27(33)31-29(36)32(28(25)34)21-14-16-23(17-15-21)35-22-6-2-1-3-7-22/h1-18H,(H,31,33,36). The van der Waals surface area contributed by atoms with Crippen molar-refractivity contribution in [2.24, 2.45) is 0 Å². The maximum absolute atomic E-state index is 14.1. The van der Waals surface area contributed by atoms with Crippen molar-refractivity contribution in [2.45, 2.75) is 0 Å². The molecule has 1 aliphatic rings. The Bertz CT molecular complexity index is 1480. The molecule has 5 rings (SSSR count). The summed E-state index contributed by atoms with van der Waals surface area (Å²) in [5, 5.41) is 2.57. The van der Waals surface area contributed by atoms with Crippen molar-refractivity contribution in [3.8, 4) is 22.6 Å². The topological polar surface area (TPSA) is 58.6 Å². The number of nitrogens with zero attached hydrogens (tertiary/aromatic N) is 1. The minimum Gasteiger partial charge on any atom is -0.457 e. The van der Waals surface area contributed by atoms with Gasteiger partial charge in [0.25, 0.3) is 11.8 Å². The van der Waals surface area contributed by atoms with Crippen molar-refractivity contribution in [3.63, 3.8) is 0 Å². The maximum Gasteiger partial charge on any atom is 0.270 e. The normalized spacial score (nSPS) is 14.6. The van der Waals surface area contributed by atoms with Crippen LogP contribution in [0.4, 0.5) is 10.1 Å². The zero-order valence-electron chi connectivity index (χ0n) is 18.9. The van der Waals surface area contributed by atoms with Gasteiger partial charge in [-0.15, -0.1) is 0 Å². The van der Waals surface area contributed by atoms with E-state index in [4.69, 9.17) is 17.0 Å². The summed E-state index contributed by atoms with van der Waals surface area (Å²) >= 11 is 5.28. The third kappa shape index (κ3) is 4.78. The van der Waals surface area contributed by atoms with Crippen LogP contribution in [0.15, 0.2) is 109 Å². The Kier molecular flexibility index (Phi) is 6.38. The summed E-state index contributed by atoms with van der Waals surface area (Å²) < 4.78 is 19.9. The lowest BCUT2D eigenvalue weighted by Gasteiger charge is -2.29. The molecule has 36 heavy (non-hydrogen) atoms. The molecule has 176 valence electrons. The molecule has 0 spiro atoms. The van der Waals surface area contributed by atoms with Crippen LogP contribution in [0, 0.1) is 5.82 Å². The fourth-order valence-electron chi connectivity index (χ4n) is 3.80. The van der Waals surface area contributed by atoms with Crippen molar-refractivity contribution in [2.75, 3.05) is 4.90 Å². The number of hydrogen-bond donors (Lipinski definition) is 1. The summed E-state index contributed by atoms with van der Waals surface area (Å²) in [6.45, 7) is 0.